The van der Waals surface area contributed by atoms with Crippen molar-refractivity contribution in [2.75, 3.05) is 0 Å². The molecule has 0 aliphatic carbocycles. The number of para-hydroxylation sites is 2. The number of rotatable bonds is 3. The summed E-state index contributed by atoms with van der Waals surface area (Å²) in [6.07, 6.45) is 1.24. The number of nitrogens with one attached hydrogen (secondary N) is 1. The van der Waals surface area contributed by atoms with Crippen LogP contribution in [0.4, 0.5) is 0 Å². The average molecular weight is 384 g/mol. The van der Waals surface area contributed by atoms with Crippen molar-refractivity contribution in [2.45, 2.75) is 25.0 Å². The lowest BCUT2D eigenvalue weighted by Crippen LogP contribution is -2.40. The molecule has 5 nitrogen and oxygen atoms in total. The summed E-state index contributed by atoms with van der Waals surface area (Å²) >= 11 is 0. The summed E-state index contributed by atoms with van der Waals surface area (Å²) < 4.78 is 6.22. The fourth-order valence-corrected chi connectivity index (χ4v) is 4.37. The van der Waals surface area contributed by atoms with Crippen molar-refractivity contribution in [3.8, 4) is 5.75 Å². The third kappa shape index (κ3) is 2.86. The molecule has 0 bridgehead atoms. The molecular formula is C24H20N2O3. The van der Waals surface area contributed by atoms with Crippen LogP contribution in [0.5, 0.6) is 5.75 Å². The summed E-state index contributed by atoms with van der Waals surface area (Å²) in [4.78, 5) is 15.5. The molecule has 5 rings (SSSR count). The van der Waals surface area contributed by atoms with Crippen LogP contribution in [-0.2, 0) is 0 Å². The highest BCUT2D eigenvalue weighted by Gasteiger charge is 2.48. The van der Waals surface area contributed by atoms with E-state index in [4.69, 9.17) is 4.74 Å². The SMILES string of the molecule is Cc1ccc([C@@H]2Oc3ccccc3[C@@H](c3c[nH]c4ccccc34)[C@H]2[N+](=O)[O-])cc1. The van der Waals surface area contributed by atoms with E-state index in [-0.39, 0.29) is 4.92 Å². The van der Waals surface area contributed by atoms with E-state index < -0.39 is 18.1 Å². The number of nitrogens with zero attached hydrogens (tertiary/aromatic N) is 1. The Morgan fingerprint density at radius 3 is 2.45 bits per heavy atom. The van der Waals surface area contributed by atoms with Crippen molar-refractivity contribution in [3.63, 3.8) is 0 Å². The second-order valence-corrected chi connectivity index (χ2v) is 7.53. The number of fused-ring (bicyclic) bond motifs is 2. The highest BCUT2D eigenvalue weighted by atomic mass is 16.6. The van der Waals surface area contributed by atoms with Crippen molar-refractivity contribution in [3.05, 3.63) is 111 Å². The highest BCUT2D eigenvalue weighted by Crippen LogP contribution is 2.47. The van der Waals surface area contributed by atoms with Crippen molar-refractivity contribution in [2.24, 2.45) is 0 Å². The smallest absolute Gasteiger partial charge is 0.264 e. The molecule has 3 aromatic carbocycles. The predicted molar refractivity (Wildman–Crippen MR) is 112 cm³/mol. The average Bonchev–Trinajstić information content (AvgIpc) is 3.16. The molecule has 3 atom stereocenters. The van der Waals surface area contributed by atoms with Gasteiger partial charge in [0, 0.05) is 27.6 Å². The first-order chi connectivity index (χ1) is 14.1. The van der Waals surface area contributed by atoms with Crippen LogP contribution >= 0.6 is 0 Å². The lowest BCUT2D eigenvalue weighted by molar-refractivity contribution is -0.538. The Hall–Kier alpha value is -3.60. The molecular weight excluding hydrogens is 364 g/mol. The molecule has 1 aliphatic rings. The lowest BCUT2D eigenvalue weighted by Gasteiger charge is -2.34. The van der Waals surface area contributed by atoms with Gasteiger partial charge in [-0.1, -0.05) is 66.2 Å². The number of ether oxygens (including phenoxy) is 1. The van der Waals surface area contributed by atoms with Crippen molar-refractivity contribution >= 4 is 10.9 Å². The molecule has 2 heterocycles. The molecule has 144 valence electrons. The Bertz CT molecular complexity index is 1200. The standard InChI is InChI=1S/C24H20N2O3/c1-15-10-12-16(13-11-15)24-23(26(27)28)22(18-7-3-5-9-21(18)29-24)19-14-25-20-8-4-2-6-17(19)20/h2-14,22-25H,1H3/t22-,23+,24-/m0/s1. The number of hydrogen-bond donors (Lipinski definition) is 1. The number of H-pyrrole nitrogens is 1. The Labute approximate surface area is 168 Å². The van der Waals surface area contributed by atoms with Gasteiger partial charge in [0.25, 0.3) is 6.04 Å². The number of aromatic nitrogens is 1. The Balaban J connectivity index is 1.74. The molecule has 4 aromatic rings. The van der Waals surface area contributed by atoms with Crippen molar-refractivity contribution < 1.29 is 9.66 Å². The Kier molecular flexibility index (Phi) is 4.09. The van der Waals surface area contributed by atoms with E-state index in [0.717, 1.165) is 33.2 Å². The van der Waals surface area contributed by atoms with Gasteiger partial charge in [0.15, 0.2) is 6.10 Å². The minimum atomic E-state index is -0.938. The summed E-state index contributed by atoms with van der Waals surface area (Å²) in [6.45, 7) is 2.00. The van der Waals surface area contributed by atoms with E-state index in [1.165, 1.54) is 0 Å². The second kappa shape index (κ2) is 6.78. The summed E-state index contributed by atoms with van der Waals surface area (Å²) in [5, 5.41) is 13.4. The number of hydrogen-bond acceptors (Lipinski definition) is 3. The van der Waals surface area contributed by atoms with Crippen LogP contribution in [0.1, 0.15) is 34.3 Å². The first-order valence-corrected chi connectivity index (χ1v) is 9.65. The second-order valence-electron chi connectivity index (χ2n) is 7.53. The van der Waals surface area contributed by atoms with Crippen molar-refractivity contribution in [1.29, 1.82) is 0 Å². The maximum absolute atomic E-state index is 12.4. The minimum Gasteiger partial charge on any atom is -0.478 e. The largest absolute Gasteiger partial charge is 0.478 e. The maximum Gasteiger partial charge on any atom is 0.264 e. The van der Waals surface area contributed by atoms with Crippen LogP contribution in [0.3, 0.4) is 0 Å². The first kappa shape index (κ1) is 17.5. The zero-order valence-electron chi connectivity index (χ0n) is 15.9. The summed E-state index contributed by atoms with van der Waals surface area (Å²) in [5.41, 5.74) is 4.67. The number of aryl methyl sites for hydroxylation is 1. The first-order valence-electron chi connectivity index (χ1n) is 9.65. The molecule has 0 radical (unpaired) electrons. The van der Waals surface area contributed by atoms with E-state index in [2.05, 4.69) is 4.98 Å². The van der Waals surface area contributed by atoms with E-state index in [9.17, 15) is 10.1 Å². The van der Waals surface area contributed by atoms with Crippen LogP contribution in [0.15, 0.2) is 79.0 Å². The molecule has 0 spiro atoms. The van der Waals surface area contributed by atoms with E-state index in [1.807, 2.05) is 85.9 Å². The van der Waals surface area contributed by atoms with Crippen LogP contribution in [0, 0.1) is 17.0 Å². The zero-order valence-corrected chi connectivity index (χ0v) is 15.9. The molecule has 0 unspecified atom stereocenters. The van der Waals surface area contributed by atoms with Crippen LogP contribution in [-0.4, -0.2) is 15.9 Å². The third-order valence-electron chi connectivity index (χ3n) is 5.77. The van der Waals surface area contributed by atoms with Gasteiger partial charge < -0.3 is 9.72 Å². The van der Waals surface area contributed by atoms with Gasteiger partial charge in [-0.25, -0.2) is 0 Å². The van der Waals surface area contributed by atoms with Gasteiger partial charge in [-0.3, -0.25) is 10.1 Å². The fourth-order valence-electron chi connectivity index (χ4n) is 4.37. The normalized spacial score (nSPS) is 20.8. The molecule has 29 heavy (non-hydrogen) atoms. The topological polar surface area (TPSA) is 68.2 Å². The van der Waals surface area contributed by atoms with Crippen molar-refractivity contribution in [1.82, 2.24) is 4.98 Å². The van der Waals surface area contributed by atoms with Crippen LogP contribution in [0.25, 0.3) is 10.9 Å². The lowest BCUT2D eigenvalue weighted by atomic mass is 9.78. The third-order valence-corrected chi connectivity index (χ3v) is 5.77. The quantitative estimate of drug-likeness (QED) is 0.380. The molecule has 1 aliphatic heterocycles. The van der Waals surface area contributed by atoms with Gasteiger partial charge in [0.1, 0.15) is 5.75 Å². The predicted octanol–water partition coefficient (Wildman–Crippen LogP) is 5.39. The van der Waals surface area contributed by atoms with Gasteiger partial charge in [-0.05, 0) is 30.2 Å². The Morgan fingerprint density at radius 1 is 0.931 bits per heavy atom. The number of aromatic amines is 1. The van der Waals surface area contributed by atoms with Gasteiger partial charge in [0.2, 0.25) is 0 Å². The molecule has 0 fully saturated rings. The molecule has 0 saturated carbocycles. The summed E-state index contributed by atoms with van der Waals surface area (Å²) in [5.74, 6) is 0.281. The summed E-state index contributed by atoms with van der Waals surface area (Å²) in [6, 6.07) is 22.4. The Morgan fingerprint density at radius 2 is 1.66 bits per heavy atom. The van der Waals surface area contributed by atoms with Gasteiger partial charge in [0.05, 0.1) is 5.92 Å². The fraction of sp³-hybridized carbons (Fsp3) is 0.167. The monoisotopic (exact) mass is 384 g/mol. The molecule has 1 N–H and O–H groups in total. The van der Waals surface area contributed by atoms with E-state index in [1.54, 1.807) is 0 Å². The minimum absolute atomic E-state index is 0.188. The van der Waals surface area contributed by atoms with Gasteiger partial charge in [-0.15, -0.1) is 0 Å². The maximum atomic E-state index is 12.4. The molecule has 0 saturated heterocycles. The molecule has 5 heteroatoms. The van der Waals surface area contributed by atoms with E-state index >= 15 is 0 Å². The van der Waals surface area contributed by atoms with E-state index in [0.29, 0.717) is 5.75 Å². The summed E-state index contributed by atoms with van der Waals surface area (Å²) in [7, 11) is 0. The van der Waals surface area contributed by atoms with Gasteiger partial charge in [-0.2, -0.15) is 0 Å². The zero-order chi connectivity index (χ0) is 20.0. The molecule has 1 aromatic heterocycles. The van der Waals surface area contributed by atoms with Gasteiger partial charge >= 0.3 is 0 Å². The van der Waals surface area contributed by atoms with Crippen LogP contribution < -0.4 is 4.74 Å². The number of benzene rings is 3. The van der Waals surface area contributed by atoms with Crippen LogP contribution in [0.2, 0.25) is 0 Å². The number of nitro groups is 1. The molecule has 0 amide bonds. The highest BCUT2D eigenvalue weighted by molar-refractivity contribution is 5.84.